The molecule has 22 heavy (non-hydrogen) atoms. The molecular formula is C16H23ClN2O3. The molecule has 5 nitrogen and oxygen atoms in total. The van der Waals surface area contributed by atoms with Gasteiger partial charge in [-0.05, 0) is 37.5 Å². The van der Waals surface area contributed by atoms with Crippen molar-refractivity contribution in [3.63, 3.8) is 0 Å². The number of nitrogen functional groups attached to an aromatic ring is 1. The molecule has 1 aromatic rings. The van der Waals surface area contributed by atoms with Crippen molar-refractivity contribution in [1.82, 2.24) is 5.32 Å². The van der Waals surface area contributed by atoms with Gasteiger partial charge in [0.05, 0.1) is 7.11 Å². The predicted molar refractivity (Wildman–Crippen MR) is 88.1 cm³/mol. The minimum Gasteiger partial charge on any atom is -0.467 e. The first-order valence-electron chi connectivity index (χ1n) is 7.25. The maximum Gasteiger partial charge on any atom is 0.331 e. The Kier molecular flexibility index (Phi) is 6.23. The number of aryl methyl sites for hydroxylation is 1. The summed E-state index contributed by atoms with van der Waals surface area (Å²) in [5.41, 5.74) is 6.71. The van der Waals surface area contributed by atoms with Crippen LogP contribution in [0, 0.1) is 6.92 Å². The van der Waals surface area contributed by atoms with Crippen LogP contribution in [-0.4, -0.2) is 24.5 Å². The van der Waals surface area contributed by atoms with Crippen LogP contribution in [0.2, 0.25) is 0 Å². The number of hydrogen-bond acceptors (Lipinski definition) is 4. The van der Waals surface area contributed by atoms with Gasteiger partial charge in [0.15, 0.2) is 0 Å². The van der Waals surface area contributed by atoms with Gasteiger partial charge in [-0.3, -0.25) is 4.79 Å². The van der Waals surface area contributed by atoms with E-state index in [0.29, 0.717) is 24.1 Å². The van der Waals surface area contributed by atoms with E-state index in [9.17, 15) is 9.59 Å². The van der Waals surface area contributed by atoms with E-state index in [1.807, 2.05) is 6.92 Å². The molecule has 0 spiro atoms. The zero-order valence-corrected chi connectivity index (χ0v) is 13.8. The van der Waals surface area contributed by atoms with E-state index >= 15 is 0 Å². The van der Waals surface area contributed by atoms with Gasteiger partial charge in [-0.15, -0.1) is 12.4 Å². The molecule has 0 heterocycles. The second-order valence-corrected chi connectivity index (χ2v) is 5.66. The first-order valence-corrected chi connectivity index (χ1v) is 7.25. The maximum atomic E-state index is 12.5. The fourth-order valence-corrected chi connectivity index (χ4v) is 2.90. The summed E-state index contributed by atoms with van der Waals surface area (Å²) in [5, 5.41) is 2.90. The molecule has 1 aromatic carbocycles. The number of nitrogens with two attached hydrogens (primary N) is 1. The van der Waals surface area contributed by atoms with Crippen molar-refractivity contribution in [3.05, 3.63) is 29.3 Å². The van der Waals surface area contributed by atoms with E-state index in [1.165, 1.54) is 7.11 Å². The topological polar surface area (TPSA) is 81.4 Å². The van der Waals surface area contributed by atoms with Crippen molar-refractivity contribution in [2.45, 2.75) is 44.6 Å². The van der Waals surface area contributed by atoms with Crippen molar-refractivity contribution in [3.8, 4) is 0 Å². The van der Waals surface area contributed by atoms with E-state index in [4.69, 9.17) is 10.5 Å². The largest absolute Gasteiger partial charge is 0.467 e. The molecule has 1 aliphatic rings. The summed E-state index contributed by atoms with van der Waals surface area (Å²) in [6, 6.07) is 5.19. The summed E-state index contributed by atoms with van der Waals surface area (Å²) in [5.74, 6) is -0.635. The SMILES string of the molecule is COC(=O)C1(NC(=O)c2cc(N)ccc2C)CCCCC1.Cl. The Morgan fingerprint density at radius 3 is 2.45 bits per heavy atom. The Bertz CT molecular complexity index is 554. The molecule has 122 valence electrons. The van der Waals surface area contributed by atoms with Crippen LogP contribution in [0.25, 0.3) is 0 Å². The Morgan fingerprint density at radius 1 is 1.23 bits per heavy atom. The number of anilines is 1. The number of nitrogens with one attached hydrogen (secondary N) is 1. The lowest BCUT2D eigenvalue weighted by Crippen LogP contribution is -2.56. The number of carbonyl (C=O) groups excluding carboxylic acids is 2. The lowest BCUT2D eigenvalue weighted by molar-refractivity contribution is -0.149. The van der Waals surface area contributed by atoms with Gasteiger partial charge >= 0.3 is 5.97 Å². The summed E-state index contributed by atoms with van der Waals surface area (Å²) in [6.07, 6.45) is 4.13. The van der Waals surface area contributed by atoms with Gasteiger partial charge in [-0.1, -0.05) is 25.3 Å². The standard InChI is InChI=1S/C16H22N2O3.ClH/c1-11-6-7-12(17)10-13(11)14(19)18-16(15(20)21-2)8-4-3-5-9-16;/h6-7,10H,3-5,8-9,17H2,1-2H3,(H,18,19);1H. The Labute approximate surface area is 137 Å². The fraction of sp³-hybridized carbons (Fsp3) is 0.500. The van der Waals surface area contributed by atoms with Gasteiger partial charge in [-0.2, -0.15) is 0 Å². The number of methoxy groups -OCH3 is 1. The number of esters is 1. The summed E-state index contributed by atoms with van der Waals surface area (Å²) in [7, 11) is 1.36. The molecule has 0 radical (unpaired) electrons. The number of benzene rings is 1. The zero-order chi connectivity index (χ0) is 15.5. The molecule has 1 amide bonds. The van der Waals surface area contributed by atoms with E-state index in [-0.39, 0.29) is 24.3 Å². The highest BCUT2D eigenvalue weighted by Gasteiger charge is 2.42. The third-order valence-electron chi connectivity index (χ3n) is 4.14. The quantitative estimate of drug-likeness (QED) is 0.661. The van der Waals surface area contributed by atoms with E-state index in [0.717, 1.165) is 24.8 Å². The first-order chi connectivity index (χ1) is 9.98. The second-order valence-electron chi connectivity index (χ2n) is 5.66. The van der Waals surface area contributed by atoms with Crippen LogP contribution in [0.1, 0.15) is 48.0 Å². The average Bonchev–Trinajstić information content (AvgIpc) is 2.49. The van der Waals surface area contributed by atoms with Crippen LogP contribution in [0.5, 0.6) is 0 Å². The molecule has 1 saturated carbocycles. The van der Waals surface area contributed by atoms with Crippen LogP contribution in [0.3, 0.4) is 0 Å². The molecule has 1 fully saturated rings. The molecule has 0 aliphatic heterocycles. The van der Waals surface area contributed by atoms with E-state index < -0.39 is 5.54 Å². The molecule has 3 N–H and O–H groups in total. The molecule has 0 unspecified atom stereocenters. The number of ether oxygens (including phenoxy) is 1. The molecule has 0 aromatic heterocycles. The highest BCUT2D eigenvalue weighted by Crippen LogP contribution is 2.30. The molecule has 0 bridgehead atoms. The van der Waals surface area contributed by atoms with E-state index in [1.54, 1.807) is 18.2 Å². The molecule has 6 heteroatoms. The number of amides is 1. The van der Waals surface area contributed by atoms with Crippen molar-refractivity contribution in [1.29, 1.82) is 0 Å². The van der Waals surface area contributed by atoms with Gasteiger partial charge in [0.1, 0.15) is 5.54 Å². The fourth-order valence-electron chi connectivity index (χ4n) is 2.90. The molecule has 0 atom stereocenters. The lowest BCUT2D eigenvalue weighted by atomic mass is 9.81. The van der Waals surface area contributed by atoms with Crippen LogP contribution >= 0.6 is 12.4 Å². The van der Waals surface area contributed by atoms with Crippen molar-refractivity contribution in [2.24, 2.45) is 0 Å². The molecule has 2 rings (SSSR count). The minimum atomic E-state index is -0.902. The van der Waals surface area contributed by atoms with E-state index in [2.05, 4.69) is 5.32 Å². The van der Waals surface area contributed by atoms with Crippen molar-refractivity contribution < 1.29 is 14.3 Å². The molecule has 0 saturated heterocycles. The Hall–Kier alpha value is -1.75. The monoisotopic (exact) mass is 326 g/mol. The number of hydrogen-bond donors (Lipinski definition) is 2. The maximum absolute atomic E-state index is 12.5. The Balaban J connectivity index is 0.00000242. The Morgan fingerprint density at radius 2 is 1.86 bits per heavy atom. The summed E-state index contributed by atoms with van der Waals surface area (Å²) in [4.78, 5) is 24.7. The third kappa shape index (κ3) is 3.71. The summed E-state index contributed by atoms with van der Waals surface area (Å²) < 4.78 is 4.91. The first kappa shape index (κ1) is 18.3. The third-order valence-corrected chi connectivity index (χ3v) is 4.14. The smallest absolute Gasteiger partial charge is 0.331 e. The minimum absolute atomic E-state index is 0. The van der Waals surface area contributed by atoms with Crippen LogP contribution in [0.4, 0.5) is 5.69 Å². The number of carbonyl (C=O) groups is 2. The van der Waals surface area contributed by atoms with Crippen molar-refractivity contribution >= 4 is 30.0 Å². The van der Waals surface area contributed by atoms with Crippen LogP contribution < -0.4 is 11.1 Å². The molecular weight excluding hydrogens is 304 g/mol. The zero-order valence-electron chi connectivity index (χ0n) is 13.0. The summed E-state index contributed by atoms with van der Waals surface area (Å²) in [6.45, 7) is 1.85. The van der Waals surface area contributed by atoms with Gasteiger partial charge < -0.3 is 15.8 Å². The van der Waals surface area contributed by atoms with Crippen molar-refractivity contribution in [2.75, 3.05) is 12.8 Å². The van der Waals surface area contributed by atoms with Gasteiger partial charge in [-0.25, -0.2) is 4.79 Å². The van der Waals surface area contributed by atoms with Gasteiger partial charge in [0.25, 0.3) is 5.91 Å². The second kappa shape index (κ2) is 7.49. The molecule has 1 aliphatic carbocycles. The van der Waals surface area contributed by atoms with Crippen LogP contribution in [-0.2, 0) is 9.53 Å². The summed E-state index contributed by atoms with van der Waals surface area (Å²) >= 11 is 0. The highest BCUT2D eigenvalue weighted by atomic mass is 35.5. The highest BCUT2D eigenvalue weighted by molar-refractivity contribution is 5.99. The average molecular weight is 327 g/mol. The predicted octanol–water partition coefficient (Wildman–Crippen LogP) is 2.60. The number of rotatable bonds is 3. The van der Waals surface area contributed by atoms with Crippen LogP contribution in [0.15, 0.2) is 18.2 Å². The number of halogens is 1. The lowest BCUT2D eigenvalue weighted by Gasteiger charge is -2.35. The van der Waals surface area contributed by atoms with Gasteiger partial charge in [0, 0.05) is 11.3 Å². The van der Waals surface area contributed by atoms with Gasteiger partial charge in [0.2, 0.25) is 0 Å². The normalized spacial score (nSPS) is 16.3.